The smallest absolute Gasteiger partial charge is 0.217 e. The van der Waals surface area contributed by atoms with Gasteiger partial charge in [-0.2, -0.15) is 0 Å². The second kappa shape index (κ2) is 28.6. The van der Waals surface area contributed by atoms with Crippen LogP contribution in [0.5, 0.6) is 0 Å². The molecule has 4 unspecified atom stereocenters. The van der Waals surface area contributed by atoms with Gasteiger partial charge in [0, 0.05) is 6.92 Å². The predicted molar refractivity (Wildman–Crippen MR) is 238 cm³/mol. The molecule has 0 aromatic carbocycles. The molecule has 78 heavy (non-hydrogen) atoms. The van der Waals surface area contributed by atoms with Crippen LogP contribution in [-0.2, 0) is 61.6 Å². The molecule has 1 amide bonds. The van der Waals surface area contributed by atoms with E-state index in [1.807, 2.05) is 0 Å². The number of aliphatic hydroxyl groups excluding tert-OH is 21. The minimum Gasteiger partial charge on any atom is -0.394 e. The third-order valence-corrected chi connectivity index (χ3v) is 14.1. The average molecular weight is 1150 g/mol. The lowest BCUT2D eigenvalue weighted by Gasteiger charge is -2.51. The highest BCUT2D eigenvalue weighted by Crippen LogP contribution is 2.37. The van der Waals surface area contributed by atoms with Gasteiger partial charge in [-0.15, -0.1) is 0 Å². The van der Waals surface area contributed by atoms with E-state index in [1.54, 1.807) is 0 Å². The van der Waals surface area contributed by atoms with E-state index in [2.05, 4.69) is 5.32 Å². The Morgan fingerprint density at radius 3 is 1.49 bits per heavy atom. The van der Waals surface area contributed by atoms with Crippen molar-refractivity contribution in [1.29, 1.82) is 0 Å². The fourth-order valence-electron chi connectivity index (χ4n) is 9.53. The molecule has 6 aliphatic heterocycles. The highest BCUT2D eigenvalue weighted by molar-refractivity contribution is 5.73. The first kappa shape index (κ1) is 65.3. The van der Waals surface area contributed by atoms with Gasteiger partial charge in [-0.1, -0.05) is 0 Å². The summed E-state index contributed by atoms with van der Waals surface area (Å²) in [6, 6.07) is -1.95. The lowest BCUT2D eigenvalue weighted by Crippen LogP contribution is -2.70. The van der Waals surface area contributed by atoms with E-state index in [4.69, 9.17) is 56.8 Å². The molecule has 6 rings (SSSR count). The number of nitrogens with one attached hydrogen (secondary N) is 1. The van der Waals surface area contributed by atoms with E-state index < -0.39 is 255 Å². The third-order valence-electron chi connectivity index (χ3n) is 14.1. The van der Waals surface area contributed by atoms with Crippen LogP contribution in [0.2, 0.25) is 0 Å². The van der Waals surface area contributed by atoms with Crippen molar-refractivity contribution in [3.63, 3.8) is 0 Å². The number of rotatable bonds is 22. The van der Waals surface area contributed by atoms with Gasteiger partial charge >= 0.3 is 0 Å². The molecule has 0 aliphatic carbocycles. The summed E-state index contributed by atoms with van der Waals surface area (Å²) >= 11 is 0. The van der Waals surface area contributed by atoms with Crippen molar-refractivity contribution in [3.05, 3.63) is 0 Å². The van der Waals surface area contributed by atoms with Crippen molar-refractivity contribution in [2.75, 3.05) is 46.2 Å². The molecule has 0 bridgehead atoms. The zero-order valence-corrected chi connectivity index (χ0v) is 41.7. The summed E-state index contributed by atoms with van der Waals surface area (Å²) in [4.78, 5) is 12.9. The van der Waals surface area contributed by atoms with Crippen molar-refractivity contribution in [2.24, 2.45) is 0 Å². The van der Waals surface area contributed by atoms with Gasteiger partial charge in [0.1, 0.15) is 159 Å². The number of carbonyl (C=O) groups is 1. The number of hydrogen-bond donors (Lipinski definition) is 22. The Morgan fingerprint density at radius 1 is 0.474 bits per heavy atom. The zero-order valence-electron chi connectivity index (χ0n) is 41.7. The van der Waals surface area contributed by atoms with Gasteiger partial charge in [-0.05, 0) is 6.92 Å². The minimum absolute atomic E-state index is 0.717. The van der Waals surface area contributed by atoms with Crippen molar-refractivity contribution in [2.45, 2.75) is 216 Å². The van der Waals surface area contributed by atoms with Gasteiger partial charge in [0.05, 0.1) is 52.4 Å². The summed E-state index contributed by atoms with van der Waals surface area (Å²) in [5.74, 6) is -0.944. The van der Waals surface area contributed by atoms with Crippen LogP contribution in [-0.4, -0.2) is 362 Å². The van der Waals surface area contributed by atoms with Crippen molar-refractivity contribution in [3.8, 4) is 0 Å². The lowest BCUT2D eigenvalue weighted by atomic mass is 9.94. The van der Waals surface area contributed by atoms with Crippen LogP contribution < -0.4 is 5.32 Å². The first-order valence-corrected chi connectivity index (χ1v) is 24.8. The topological polar surface area (TPSA) is 565 Å². The number of aliphatic hydroxyl groups is 21. The van der Waals surface area contributed by atoms with Crippen molar-refractivity contribution in [1.82, 2.24) is 5.32 Å². The third kappa shape index (κ3) is 14.4. The molecule has 6 saturated heterocycles. The Hall–Kier alpha value is -1.85. The first-order chi connectivity index (χ1) is 36.8. The van der Waals surface area contributed by atoms with Crippen molar-refractivity contribution >= 4 is 5.91 Å². The molecule has 6 aliphatic rings. The summed E-state index contributed by atoms with van der Waals surface area (Å²) in [7, 11) is 0. The molecular weight excluding hydrogens is 1070 g/mol. The molecule has 456 valence electrons. The van der Waals surface area contributed by atoms with Gasteiger partial charge < -0.3 is 169 Å². The predicted octanol–water partition coefficient (Wildman–Crippen LogP) is -14.8. The molecule has 0 spiro atoms. The average Bonchev–Trinajstić information content (AvgIpc) is 3.46. The number of hydrogen-bond acceptors (Lipinski definition) is 34. The number of amides is 1. The molecule has 22 N–H and O–H groups in total. The minimum atomic E-state index is -2.28. The van der Waals surface area contributed by atoms with Gasteiger partial charge in [-0.3, -0.25) is 4.79 Å². The maximum atomic E-state index is 12.9. The standard InChI is InChI=1S/C43H75NO34/c1-10-20(54)26(60)31(65)41(69-10)75-34(13(52)4-46)33(12(51)3-45)74-38-19(44-11(2)50)25(59)35(17(7-49)72-38)76-43-37(78-40-29(63)21(55)14(53)8-67-40)36(77-42-32(66)28(62)23(57)16(6-48)71-42)24(58)18(73-43)9-68-39-30(64)27(61)22(56)15(5-47)70-39/h10,12-43,45-49,51-66H,3-9H2,1-2H3,(H,44,50)/t10-,12?,13?,14+,15+,16+,17+,18+,19+,20+,21-,22+,23+,24+,25+,26+,27-,28-,29+,30-,31-,32-,33?,34?,35+,36-,37-,38-,39-,40-,41-,42+,43-/m0/s1. The molecule has 6 heterocycles. The Morgan fingerprint density at radius 2 is 0.936 bits per heavy atom. The van der Waals surface area contributed by atoms with Crippen molar-refractivity contribution < 1.29 is 169 Å². The zero-order chi connectivity index (χ0) is 57.8. The van der Waals surface area contributed by atoms with Crippen LogP contribution in [0, 0.1) is 0 Å². The van der Waals surface area contributed by atoms with E-state index in [1.165, 1.54) is 6.92 Å². The molecule has 6 fully saturated rings. The Labute approximate surface area is 442 Å². The lowest BCUT2D eigenvalue weighted by molar-refractivity contribution is -0.403. The van der Waals surface area contributed by atoms with E-state index in [-0.39, 0.29) is 0 Å². The summed E-state index contributed by atoms with van der Waals surface area (Å²) < 4.78 is 69.6. The monoisotopic (exact) mass is 1150 g/mol. The molecule has 35 heteroatoms. The highest BCUT2D eigenvalue weighted by Gasteiger charge is 2.58. The van der Waals surface area contributed by atoms with E-state index >= 15 is 0 Å². The Bertz CT molecular complexity index is 1820. The van der Waals surface area contributed by atoms with Crippen LogP contribution >= 0.6 is 0 Å². The van der Waals surface area contributed by atoms with Gasteiger partial charge in [0.15, 0.2) is 37.7 Å². The largest absolute Gasteiger partial charge is 0.394 e. The second-order valence-corrected chi connectivity index (χ2v) is 19.6. The molecule has 0 aromatic rings. The molecule has 0 aromatic heterocycles. The van der Waals surface area contributed by atoms with E-state index in [0.717, 1.165) is 6.92 Å². The fourth-order valence-corrected chi connectivity index (χ4v) is 9.53. The molecule has 33 atom stereocenters. The Balaban J connectivity index is 1.38. The fraction of sp³-hybridized carbons (Fsp3) is 0.977. The van der Waals surface area contributed by atoms with Gasteiger partial charge in [0.2, 0.25) is 5.91 Å². The van der Waals surface area contributed by atoms with Crippen LogP contribution in [0.4, 0.5) is 0 Å². The maximum Gasteiger partial charge on any atom is 0.217 e. The van der Waals surface area contributed by atoms with Crippen LogP contribution in [0.1, 0.15) is 13.8 Å². The van der Waals surface area contributed by atoms with Crippen LogP contribution in [0.3, 0.4) is 0 Å². The summed E-state index contributed by atoms with van der Waals surface area (Å²) in [6.45, 7) is -4.95. The quantitative estimate of drug-likeness (QED) is 0.0479. The van der Waals surface area contributed by atoms with Gasteiger partial charge in [0.25, 0.3) is 0 Å². The number of carbonyl (C=O) groups excluding carboxylic acids is 1. The molecule has 0 radical (unpaired) electrons. The Kier molecular flexibility index (Phi) is 24.0. The first-order valence-electron chi connectivity index (χ1n) is 24.8. The molecule has 35 nitrogen and oxygen atoms in total. The van der Waals surface area contributed by atoms with Crippen LogP contribution in [0.15, 0.2) is 0 Å². The number of ether oxygens (including phenoxy) is 12. The summed E-state index contributed by atoms with van der Waals surface area (Å²) in [5, 5.41) is 227. The van der Waals surface area contributed by atoms with E-state index in [0.29, 0.717) is 0 Å². The highest BCUT2D eigenvalue weighted by atomic mass is 16.8. The normalized spacial score (nSPS) is 48.2. The summed E-state index contributed by atoms with van der Waals surface area (Å²) in [5.41, 5.74) is 0. The second-order valence-electron chi connectivity index (χ2n) is 19.6. The summed E-state index contributed by atoms with van der Waals surface area (Å²) in [6.07, 6.45) is -63.6. The molecule has 0 saturated carbocycles. The van der Waals surface area contributed by atoms with E-state index in [9.17, 15) is 112 Å². The van der Waals surface area contributed by atoms with Gasteiger partial charge in [-0.25, -0.2) is 0 Å². The SMILES string of the molecule is CC(=O)N[C@H]1[C@H](OC(C(O)CO)C(O[C@@H]2O[C@@H](C)[C@@H](O)[C@@H](O)[C@@H]2O)C(O)CO)O[C@H](CO)[C@@H](O[C@@H]2O[C@H](CO[C@H]3O[C@H](CO)[C@@H](O)[C@H](O)[C@@H]3O)[C@@H](O)[C@H](O[C@H]3O[C@H](CO)[C@@H](O)[C@H](O)[C@@H]3O)[C@@H]2O[C@@H]2OC[C@@H](O)[C@H](O)[C@H]2O)[C@@H]1O. The maximum absolute atomic E-state index is 12.9. The molecular formula is C43H75NO34. The van der Waals surface area contributed by atoms with Crippen LogP contribution in [0.25, 0.3) is 0 Å².